The molecule has 0 fully saturated rings. The highest BCUT2D eigenvalue weighted by Crippen LogP contribution is 2.15. The van der Waals surface area contributed by atoms with Crippen molar-refractivity contribution in [2.45, 2.75) is 24.3 Å². The molecular weight excluding hydrogens is 184 g/mol. The quantitative estimate of drug-likeness (QED) is 0.729. The van der Waals surface area contributed by atoms with Crippen LogP contribution < -0.4 is 4.74 Å². The number of thiol groups is 1. The zero-order valence-electron chi connectivity index (χ0n) is 7.82. The Balaban J connectivity index is 2.51. The van der Waals surface area contributed by atoms with Gasteiger partial charge in [0, 0.05) is 4.90 Å². The third-order valence-corrected chi connectivity index (χ3v) is 1.73. The van der Waals surface area contributed by atoms with Gasteiger partial charge >= 0.3 is 0 Å². The van der Waals surface area contributed by atoms with Crippen LogP contribution in [0.2, 0.25) is 0 Å². The Bertz CT molecular complexity index is 261. The average molecular weight is 198 g/mol. The van der Waals surface area contributed by atoms with Crippen LogP contribution >= 0.6 is 12.6 Å². The lowest BCUT2D eigenvalue weighted by Gasteiger charge is -2.17. The summed E-state index contributed by atoms with van der Waals surface area (Å²) in [6.45, 7) is 3.71. The maximum Gasteiger partial charge on any atom is 0.119 e. The SMILES string of the molecule is CC(C)(O)COc1ccc(S)cc1. The summed E-state index contributed by atoms with van der Waals surface area (Å²) in [7, 11) is 0. The Hall–Kier alpha value is -0.670. The molecule has 13 heavy (non-hydrogen) atoms. The highest BCUT2D eigenvalue weighted by atomic mass is 32.1. The zero-order chi connectivity index (χ0) is 9.90. The average Bonchev–Trinajstić information content (AvgIpc) is 2.02. The third-order valence-electron chi connectivity index (χ3n) is 1.43. The van der Waals surface area contributed by atoms with E-state index in [1.165, 1.54) is 0 Å². The zero-order valence-corrected chi connectivity index (χ0v) is 8.71. The van der Waals surface area contributed by atoms with Gasteiger partial charge in [0.05, 0.1) is 5.60 Å². The summed E-state index contributed by atoms with van der Waals surface area (Å²) in [5.41, 5.74) is -0.792. The monoisotopic (exact) mass is 198 g/mol. The van der Waals surface area contributed by atoms with Crippen LogP contribution in [-0.4, -0.2) is 17.3 Å². The Labute approximate surface area is 84.0 Å². The third kappa shape index (κ3) is 4.20. The van der Waals surface area contributed by atoms with Crippen LogP contribution in [0.25, 0.3) is 0 Å². The first-order chi connectivity index (χ1) is 5.97. The topological polar surface area (TPSA) is 29.5 Å². The van der Waals surface area contributed by atoms with E-state index in [1.807, 2.05) is 24.3 Å². The van der Waals surface area contributed by atoms with E-state index in [-0.39, 0.29) is 0 Å². The number of rotatable bonds is 3. The molecule has 0 amide bonds. The van der Waals surface area contributed by atoms with Crippen LogP contribution in [-0.2, 0) is 0 Å². The van der Waals surface area contributed by atoms with Crippen molar-refractivity contribution in [1.29, 1.82) is 0 Å². The standard InChI is InChI=1S/C10H14O2S/c1-10(2,11)7-12-8-3-5-9(13)6-4-8/h3-6,11,13H,7H2,1-2H3. The Morgan fingerprint density at radius 1 is 1.31 bits per heavy atom. The fourth-order valence-corrected chi connectivity index (χ4v) is 0.951. The fourth-order valence-electron chi connectivity index (χ4n) is 0.802. The van der Waals surface area contributed by atoms with Gasteiger partial charge in [0.15, 0.2) is 0 Å². The van der Waals surface area contributed by atoms with Crippen molar-refractivity contribution in [3.8, 4) is 5.75 Å². The van der Waals surface area contributed by atoms with Crippen molar-refractivity contribution in [1.82, 2.24) is 0 Å². The Kier molecular flexibility index (Phi) is 3.22. The van der Waals surface area contributed by atoms with Gasteiger partial charge in [0.1, 0.15) is 12.4 Å². The summed E-state index contributed by atoms with van der Waals surface area (Å²) in [6.07, 6.45) is 0. The summed E-state index contributed by atoms with van der Waals surface area (Å²) < 4.78 is 5.34. The molecule has 1 aromatic carbocycles. The molecule has 0 saturated carbocycles. The molecule has 0 aliphatic carbocycles. The number of hydrogen-bond donors (Lipinski definition) is 2. The van der Waals surface area contributed by atoms with Gasteiger partial charge in [-0.15, -0.1) is 12.6 Å². The lowest BCUT2D eigenvalue weighted by atomic mass is 10.2. The minimum absolute atomic E-state index is 0.291. The molecule has 0 spiro atoms. The second kappa shape index (κ2) is 4.03. The summed E-state index contributed by atoms with van der Waals surface area (Å²) in [5, 5.41) is 9.39. The van der Waals surface area contributed by atoms with Crippen LogP contribution in [0.15, 0.2) is 29.2 Å². The van der Waals surface area contributed by atoms with Crippen LogP contribution in [0.5, 0.6) is 5.75 Å². The lowest BCUT2D eigenvalue weighted by molar-refractivity contribution is 0.0285. The highest BCUT2D eigenvalue weighted by Gasteiger charge is 2.12. The van der Waals surface area contributed by atoms with Crippen molar-refractivity contribution in [3.63, 3.8) is 0 Å². The first-order valence-electron chi connectivity index (χ1n) is 4.11. The van der Waals surface area contributed by atoms with Crippen molar-refractivity contribution >= 4 is 12.6 Å². The second-order valence-electron chi connectivity index (χ2n) is 3.60. The molecule has 2 nitrogen and oxygen atoms in total. The first-order valence-corrected chi connectivity index (χ1v) is 4.56. The minimum atomic E-state index is -0.792. The number of hydrogen-bond acceptors (Lipinski definition) is 3. The van der Waals surface area contributed by atoms with Gasteiger partial charge in [-0.1, -0.05) is 0 Å². The Morgan fingerprint density at radius 2 is 1.85 bits per heavy atom. The van der Waals surface area contributed by atoms with E-state index in [2.05, 4.69) is 12.6 Å². The molecule has 0 aliphatic rings. The predicted molar refractivity (Wildman–Crippen MR) is 55.5 cm³/mol. The molecule has 1 N–H and O–H groups in total. The fraction of sp³-hybridized carbons (Fsp3) is 0.400. The molecule has 1 rings (SSSR count). The van der Waals surface area contributed by atoms with E-state index in [0.717, 1.165) is 10.6 Å². The molecule has 0 aliphatic heterocycles. The van der Waals surface area contributed by atoms with E-state index in [9.17, 15) is 5.11 Å². The molecule has 0 aromatic heterocycles. The molecular formula is C10H14O2S. The number of ether oxygens (including phenoxy) is 1. The van der Waals surface area contributed by atoms with Gasteiger partial charge in [-0.3, -0.25) is 0 Å². The van der Waals surface area contributed by atoms with Gasteiger partial charge in [-0.05, 0) is 38.1 Å². The first kappa shape index (κ1) is 10.4. The predicted octanol–water partition coefficient (Wildman–Crippen LogP) is 2.12. The van der Waals surface area contributed by atoms with Crippen LogP contribution in [0.4, 0.5) is 0 Å². The highest BCUT2D eigenvalue weighted by molar-refractivity contribution is 7.80. The minimum Gasteiger partial charge on any atom is -0.491 e. The molecule has 0 atom stereocenters. The van der Waals surface area contributed by atoms with Crippen LogP contribution in [0.3, 0.4) is 0 Å². The normalized spacial score (nSPS) is 11.4. The molecule has 3 heteroatoms. The summed E-state index contributed by atoms with van der Waals surface area (Å²) >= 11 is 4.15. The maximum absolute atomic E-state index is 9.39. The van der Waals surface area contributed by atoms with Gasteiger partial charge < -0.3 is 9.84 Å². The van der Waals surface area contributed by atoms with Crippen molar-refractivity contribution in [3.05, 3.63) is 24.3 Å². The molecule has 0 bridgehead atoms. The molecule has 0 radical (unpaired) electrons. The van der Waals surface area contributed by atoms with Crippen molar-refractivity contribution < 1.29 is 9.84 Å². The molecule has 0 heterocycles. The van der Waals surface area contributed by atoms with E-state index in [4.69, 9.17) is 4.74 Å². The Morgan fingerprint density at radius 3 is 2.31 bits per heavy atom. The summed E-state index contributed by atoms with van der Waals surface area (Å²) in [5.74, 6) is 0.750. The number of benzene rings is 1. The summed E-state index contributed by atoms with van der Waals surface area (Å²) in [4.78, 5) is 0.899. The van der Waals surface area contributed by atoms with Crippen molar-refractivity contribution in [2.75, 3.05) is 6.61 Å². The van der Waals surface area contributed by atoms with Gasteiger partial charge in [0.25, 0.3) is 0 Å². The molecule has 0 unspecified atom stereocenters. The van der Waals surface area contributed by atoms with E-state index < -0.39 is 5.60 Å². The van der Waals surface area contributed by atoms with E-state index in [0.29, 0.717) is 6.61 Å². The summed E-state index contributed by atoms with van der Waals surface area (Å²) in [6, 6.07) is 7.35. The van der Waals surface area contributed by atoms with E-state index in [1.54, 1.807) is 13.8 Å². The number of aliphatic hydroxyl groups is 1. The molecule has 72 valence electrons. The van der Waals surface area contributed by atoms with E-state index >= 15 is 0 Å². The van der Waals surface area contributed by atoms with Gasteiger partial charge in [-0.2, -0.15) is 0 Å². The van der Waals surface area contributed by atoms with Gasteiger partial charge in [0.2, 0.25) is 0 Å². The largest absolute Gasteiger partial charge is 0.491 e. The van der Waals surface area contributed by atoms with Crippen molar-refractivity contribution in [2.24, 2.45) is 0 Å². The lowest BCUT2D eigenvalue weighted by Crippen LogP contribution is -2.27. The maximum atomic E-state index is 9.39. The molecule has 1 aromatic rings. The van der Waals surface area contributed by atoms with Crippen LogP contribution in [0.1, 0.15) is 13.8 Å². The van der Waals surface area contributed by atoms with Crippen LogP contribution in [0, 0.1) is 0 Å². The van der Waals surface area contributed by atoms with Gasteiger partial charge in [-0.25, -0.2) is 0 Å². The second-order valence-corrected chi connectivity index (χ2v) is 4.11. The molecule has 0 saturated heterocycles. The smallest absolute Gasteiger partial charge is 0.119 e.